The summed E-state index contributed by atoms with van der Waals surface area (Å²) in [4.78, 5) is 41.0. The number of rotatable bonds is 7. The van der Waals surface area contributed by atoms with Crippen LogP contribution >= 0.6 is 0 Å². The summed E-state index contributed by atoms with van der Waals surface area (Å²) in [6, 6.07) is 28.9. The molecule has 4 aromatic carbocycles. The van der Waals surface area contributed by atoms with Gasteiger partial charge in [0, 0.05) is 29.3 Å². The summed E-state index contributed by atoms with van der Waals surface area (Å²) in [5.74, 6) is -0.0974. The van der Waals surface area contributed by atoms with Gasteiger partial charge in [-0.15, -0.1) is 0 Å². The minimum Gasteiger partial charge on any atom is -0.423 e. The highest BCUT2D eigenvalue weighted by molar-refractivity contribution is 5.91. The number of benzene rings is 4. The fourth-order valence-electron chi connectivity index (χ4n) is 3.85. The van der Waals surface area contributed by atoms with E-state index in [0.29, 0.717) is 33.4 Å². The zero-order valence-electron chi connectivity index (χ0n) is 20.4. The molecule has 0 saturated heterocycles. The maximum Gasteiger partial charge on any atom is 0.336 e. The first-order valence-electron chi connectivity index (χ1n) is 11.8. The Kier molecular flexibility index (Phi) is 7.13. The minimum atomic E-state index is -0.683. The highest BCUT2D eigenvalue weighted by atomic mass is 16.6. The van der Waals surface area contributed by atoms with Crippen molar-refractivity contribution in [2.45, 2.75) is 0 Å². The van der Waals surface area contributed by atoms with Crippen molar-refractivity contribution in [2.24, 2.45) is 5.10 Å². The van der Waals surface area contributed by atoms with E-state index in [1.54, 1.807) is 48.5 Å². The first-order valence-corrected chi connectivity index (χ1v) is 11.8. The van der Waals surface area contributed by atoms with Gasteiger partial charge in [0.05, 0.1) is 22.0 Å². The van der Waals surface area contributed by atoms with Crippen molar-refractivity contribution < 1.29 is 14.5 Å². The molecule has 0 N–H and O–H groups in total. The molecule has 0 spiro atoms. The molecule has 0 radical (unpaired) electrons. The molecule has 0 fully saturated rings. The van der Waals surface area contributed by atoms with E-state index in [1.807, 2.05) is 36.4 Å². The number of carbonyl (C=O) groups excluding carboxylic acids is 1. The van der Waals surface area contributed by atoms with E-state index >= 15 is 0 Å². The third-order valence-corrected chi connectivity index (χ3v) is 5.72. The van der Waals surface area contributed by atoms with Gasteiger partial charge < -0.3 is 4.74 Å². The predicted octanol–water partition coefficient (Wildman–Crippen LogP) is 5.47. The summed E-state index contributed by atoms with van der Waals surface area (Å²) in [5.41, 5.74) is 1.77. The SMILES string of the molecule is O=C(/C=C/c1cccc([N+](=O)[O-])c1)Oc1ccccc1C=Nn1c(-c2ccccc2)nc2ccccc2c1=O. The average Bonchev–Trinajstić information content (AvgIpc) is 2.97. The van der Waals surface area contributed by atoms with Crippen LogP contribution in [0.3, 0.4) is 0 Å². The summed E-state index contributed by atoms with van der Waals surface area (Å²) in [6.45, 7) is 0. The highest BCUT2D eigenvalue weighted by Gasteiger charge is 2.13. The molecule has 9 heteroatoms. The normalized spacial score (nSPS) is 11.3. The van der Waals surface area contributed by atoms with Crippen LogP contribution < -0.4 is 10.3 Å². The summed E-state index contributed by atoms with van der Waals surface area (Å²) in [5, 5.41) is 15.8. The van der Waals surface area contributed by atoms with Crippen LogP contribution in [0.4, 0.5) is 5.69 Å². The molecule has 1 aromatic heterocycles. The van der Waals surface area contributed by atoms with Crippen LogP contribution in [0.15, 0.2) is 119 Å². The van der Waals surface area contributed by atoms with Gasteiger partial charge in [-0.05, 0) is 35.9 Å². The van der Waals surface area contributed by atoms with Gasteiger partial charge >= 0.3 is 5.97 Å². The molecule has 0 amide bonds. The number of esters is 1. The Hall–Kier alpha value is -5.70. The molecule has 39 heavy (non-hydrogen) atoms. The molecular weight excluding hydrogens is 496 g/mol. The highest BCUT2D eigenvalue weighted by Crippen LogP contribution is 2.20. The fraction of sp³-hybridized carbons (Fsp3) is 0. The van der Waals surface area contributed by atoms with Gasteiger partial charge in [0.15, 0.2) is 5.82 Å². The first kappa shape index (κ1) is 25.0. The number of fused-ring (bicyclic) bond motifs is 1. The smallest absolute Gasteiger partial charge is 0.336 e. The van der Waals surface area contributed by atoms with E-state index in [-0.39, 0.29) is 17.0 Å². The van der Waals surface area contributed by atoms with E-state index < -0.39 is 10.9 Å². The molecule has 0 aliphatic heterocycles. The molecule has 0 unspecified atom stereocenters. The third kappa shape index (κ3) is 5.67. The van der Waals surface area contributed by atoms with E-state index in [4.69, 9.17) is 4.74 Å². The molecule has 190 valence electrons. The summed E-state index contributed by atoms with van der Waals surface area (Å²) < 4.78 is 6.72. The molecule has 5 aromatic rings. The second-order valence-electron chi connectivity index (χ2n) is 8.32. The van der Waals surface area contributed by atoms with Crippen molar-refractivity contribution in [1.82, 2.24) is 9.66 Å². The lowest BCUT2D eigenvalue weighted by molar-refractivity contribution is -0.384. The van der Waals surface area contributed by atoms with Crippen LogP contribution in [0, 0.1) is 10.1 Å². The lowest BCUT2D eigenvalue weighted by atomic mass is 10.2. The standard InChI is InChI=1S/C30H20N4O5/c35-28(18-17-21-9-8-13-24(19-21)34(37)38)39-27-16-7-4-12-23(27)20-31-33-29(22-10-2-1-3-11-22)32-26-15-6-5-14-25(26)30(33)36/h1-20H/b18-17+,31-20?. The van der Waals surface area contributed by atoms with E-state index in [9.17, 15) is 19.7 Å². The fourth-order valence-corrected chi connectivity index (χ4v) is 3.85. The summed E-state index contributed by atoms with van der Waals surface area (Å²) >= 11 is 0. The van der Waals surface area contributed by atoms with Gasteiger partial charge in [-0.2, -0.15) is 9.78 Å². The molecule has 0 atom stereocenters. The average molecular weight is 517 g/mol. The molecule has 0 aliphatic rings. The van der Waals surface area contributed by atoms with Crippen molar-refractivity contribution in [3.8, 4) is 17.1 Å². The van der Waals surface area contributed by atoms with Crippen LogP contribution in [0.2, 0.25) is 0 Å². The number of aromatic nitrogens is 2. The van der Waals surface area contributed by atoms with Crippen LogP contribution in [0.1, 0.15) is 11.1 Å². The Labute approximate surface area is 222 Å². The molecular formula is C30H20N4O5. The van der Waals surface area contributed by atoms with Gasteiger partial charge in [-0.25, -0.2) is 9.78 Å². The second kappa shape index (κ2) is 11.1. The number of nitro groups is 1. The molecule has 0 saturated carbocycles. The Morgan fingerprint density at radius 3 is 2.49 bits per heavy atom. The van der Waals surface area contributed by atoms with Crippen molar-refractivity contribution in [3.63, 3.8) is 0 Å². The summed E-state index contributed by atoms with van der Waals surface area (Å²) in [6.07, 6.45) is 4.04. The number of ether oxygens (including phenoxy) is 1. The maximum atomic E-state index is 13.4. The van der Waals surface area contributed by atoms with E-state index in [0.717, 1.165) is 0 Å². The lowest BCUT2D eigenvalue weighted by Gasteiger charge is -2.10. The monoisotopic (exact) mass is 516 g/mol. The van der Waals surface area contributed by atoms with Crippen molar-refractivity contribution in [2.75, 3.05) is 0 Å². The molecule has 0 aliphatic carbocycles. The van der Waals surface area contributed by atoms with Crippen molar-refractivity contribution in [3.05, 3.63) is 141 Å². The van der Waals surface area contributed by atoms with E-state index in [2.05, 4.69) is 10.1 Å². The van der Waals surface area contributed by atoms with Crippen molar-refractivity contribution >= 4 is 34.9 Å². The molecule has 0 bridgehead atoms. The number of nitrogens with zero attached hydrogens (tertiary/aromatic N) is 4. The Morgan fingerprint density at radius 2 is 1.67 bits per heavy atom. The summed E-state index contributed by atoms with van der Waals surface area (Å²) in [7, 11) is 0. The predicted molar refractivity (Wildman–Crippen MR) is 149 cm³/mol. The number of para-hydroxylation sites is 2. The zero-order valence-corrected chi connectivity index (χ0v) is 20.4. The molecule has 1 heterocycles. The quantitative estimate of drug-likeness (QED) is 0.0707. The number of non-ortho nitro benzene ring substituents is 1. The largest absolute Gasteiger partial charge is 0.423 e. The number of hydrogen-bond acceptors (Lipinski definition) is 7. The Morgan fingerprint density at radius 1 is 0.923 bits per heavy atom. The second-order valence-corrected chi connectivity index (χ2v) is 8.32. The third-order valence-electron chi connectivity index (χ3n) is 5.72. The van der Waals surface area contributed by atoms with Crippen molar-refractivity contribution in [1.29, 1.82) is 0 Å². The number of nitro benzene ring substituents is 1. The van der Waals surface area contributed by atoms with Gasteiger partial charge in [-0.3, -0.25) is 14.9 Å². The first-order chi connectivity index (χ1) is 19.0. The van der Waals surface area contributed by atoms with Crippen LogP contribution in [-0.2, 0) is 4.79 Å². The van der Waals surface area contributed by atoms with Gasteiger partial charge in [0.2, 0.25) is 0 Å². The van der Waals surface area contributed by atoms with Crippen LogP contribution in [0.25, 0.3) is 28.4 Å². The Bertz CT molecular complexity index is 1810. The van der Waals surface area contributed by atoms with Crippen LogP contribution in [-0.4, -0.2) is 26.8 Å². The minimum absolute atomic E-state index is 0.0830. The van der Waals surface area contributed by atoms with Gasteiger partial charge in [0.1, 0.15) is 5.75 Å². The van der Waals surface area contributed by atoms with Gasteiger partial charge in [-0.1, -0.05) is 66.7 Å². The zero-order chi connectivity index (χ0) is 27.2. The molecule has 9 nitrogen and oxygen atoms in total. The maximum absolute atomic E-state index is 13.4. The van der Waals surface area contributed by atoms with Crippen LogP contribution in [0.5, 0.6) is 5.75 Å². The number of carbonyl (C=O) groups is 1. The molecule has 5 rings (SSSR count). The Balaban J connectivity index is 1.46. The topological polar surface area (TPSA) is 117 Å². The number of hydrogen-bond donors (Lipinski definition) is 0. The van der Waals surface area contributed by atoms with E-state index in [1.165, 1.54) is 41.2 Å². The van der Waals surface area contributed by atoms with Gasteiger partial charge in [0.25, 0.3) is 11.2 Å². The lowest BCUT2D eigenvalue weighted by Crippen LogP contribution is -2.20.